The SMILES string of the molecule is CCCNCC(C)S(=O)(=O)N1CCC(C)(CC)CC1. The van der Waals surface area contributed by atoms with Crippen LogP contribution < -0.4 is 5.32 Å². The minimum absolute atomic E-state index is 0.329. The molecule has 0 bridgehead atoms. The lowest BCUT2D eigenvalue weighted by molar-refractivity contribution is 0.168. The summed E-state index contributed by atoms with van der Waals surface area (Å²) in [5.41, 5.74) is 0.329. The van der Waals surface area contributed by atoms with E-state index in [0.29, 0.717) is 25.0 Å². The van der Waals surface area contributed by atoms with Gasteiger partial charge in [-0.05, 0) is 38.1 Å². The highest BCUT2D eigenvalue weighted by Crippen LogP contribution is 2.35. The molecule has 1 fully saturated rings. The van der Waals surface area contributed by atoms with Crippen molar-refractivity contribution < 1.29 is 8.42 Å². The van der Waals surface area contributed by atoms with Crippen LogP contribution in [0.1, 0.15) is 53.4 Å². The summed E-state index contributed by atoms with van der Waals surface area (Å²) < 4.78 is 26.6. The number of rotatable bonds is 7. The van der Waals surface area contributed by atoms with Crippen molar-refractivity contribution in [2.45, 2.75) is 58.6 Å². The molecule has 1 aliphatic heterocycles. The molecule has 0 saturated carbocycles. The van der Waals surface area contributed by atoms with Gasteiger partial charge in [0.05, 0.1) is 5.25 Å². The molecule has 1 saturated heterocycles. The normalized spacial score (nSPS) is 22.3. The van der Waals surface area contributed by atoms with E-state index < -0.39 is 10.0 Å². The third kappa shape index (κ3) is 4.43. The molecule has 1 atom stereocenters. The molecular formula is C14H30N2O2S. The Morgan fingerprint density at radius 1 is 1.26 bits per heavy atom. The van der Waals surface area contributed by atoms with Gasteiger partial charge in [-0.25, -0.2) is 12.7 Å². The highest BCUT2D eigenvalue weighted by molar-refractivity contribution is 7.89. The fourth-order valence-corrected chi connectivity index (χ4v) is 4.00. The summed E-state index contributed by atoms with van der Waals surface area (Å²) in [5, 5.41) is 2.87. The average molecular weight is 290 g/mol. The molecule has 0 aromatic rings. The molecule has 0 amide bonds. The van der Waals surface area contributed by atoms with Gasteiger partial charge in [-0.2, -0.15) is 0 Å². The first-order chi connectivity index (χ1) is 8.85. The molecular weight excluding hydrogens is 260 g/mol. The van der Waals surface area contributed by atoms with Gasteiger partial charge in [-0.15, -0.1) is 0 Å². The van der Waals surface area contributed by atoms with Gasteiger partial charge in [-0.1, -0.05) is 27.2 Å². The van der Waals surface area contributed by atoms with Crippen molar-refractivity contribution in [1.29, 1.82) is 0 Å². The summed E-state index contributed by atoms with van der Waals surface area (Å²) in [6.07, 6.45) is 4.13. The predicted molar refractivity (Wildman–Crippen MR) is 80.7 cm³/mol. The van der Waals surface area contributed by atoms with Gasteiger partial charge in [0.1, 0.15) is 0 Å². The van der Waals surface area contributed by atoms with E-state index in [9.17, 15) is 8.42 Å². The van der Waals surface area contributed by atoms with Gasteiger partial charge in [0.2, 0.25) is 10.0 Å². The van der Waals surface area contributed by atoms with Gasteiger partial charge >= 0.3 is 0 Å². The quantitative estimate of drug-likeness (QED) is 0.731. The van der Waals surface area contributed by atoms with Crippen LogP contribution in [0.4, 0.5) is 0 Å². The fourth-order valence-electron chi connectivity index (χ4n) is 2.48. The number of piperidine rings is 1. The summed E-state index contributed by atoms with van der Waals surface area (Å²) in [6.45, 7) is 11.2. The van der Waals surface area contributed by atoms with E-state index in [4.69, 9.17) is 0 Å². The van der Waals surface area contributed by atoms with Crippen LogP contribution in [0.25, 0.3) is 0 Å². The van der Waals surface area contributed by atoms with E-state index in [1.165, 1.54) is 0 Å². The van der Waals surface area contributed by atoms with Crippen LogP contribution in [0.15, 0.2) is 0 Å². The monoisotopic (exact) mass is 290 g/mol. The summed E-state index contributed by atoms with van der Waals surface area (Å²) in [7, 11) is -3.13. The Bertz CT molecular complexity index is 360. The first kappa shape index (κ1) is 16.9. The molecule has 4 nitrogen and oxygen atoms in total. The van der Waals surface area contributed by atoms with Crippen LogP contribution in [-0.2, 0) is 10.0 Å². The van der Waals surface area contributed by atoms with Crippen molar-refractivity contribution in [3.05, 3.63) is 0 Å². The maximum atomic E-state index is 12.5. The van der Waals surface area contributed by atoms with Crippen LogP contribution in [-0.4, -0.2) is 44.2 Å². The zero-order valence-electron chi connectivity index (χ0n) is 12.9. The van der Waals surface area contributed by atoms with E-state index in [0.717, 1.165) is 32.2 Å². The smallest absolute Gasteiger partial charge is 0.217 e. The van der Waals surface area contributed by atoms with E-state index in [1.807, 2.05) is 6.92 Å². The maximum Gasteiger partial charge on any atom is 0.217 e. The predicted octanol–water partition coefficient (Wildman–Crippen LogP) is 2.22. The lowest BCUT2D eigenvalue weighted by atomic mass is 9.79. The molecule has 0 spiro atoms. The molecule has 0 radical (unpaired) electrons. The fraction of sp³-hybridized carbons (Fsp3) is 1.00. The molecule has 0 aliphatic carbocycles. The van der Waals surface area contributed by atoms with Crippen molar-refractivity contribution in [2.24, 2.45) is 5.41 Å². The standard InChI is InChI=1S/C14H30N2O2S/c1-5-9-15-12-13(3)19(17,18)16-10-7-14(4,6-2)8-11-16/h13,15H,5-12H2,1-4H3. The van der Waals surface area contributed by atoms with Crippen molar-refractivity contribution in [1.82, 2.24) is 9.62 Å². The summed E-state index contributed by atoms with van der Waals surface area (Å²) in [5.74, 6) is 0. The molecule has 0 aromatic carbocycles. The highest BCUT2D eigenvalue weighted by Gasteiger charge is 2.35. The van der Waals surface area contributed by atoms with E-state index >= 15 is 0 Å². The van der Waals surface area contributed by atoms with Gasteiger partial charge < -0.3 is 5.32 Å². The lowest BCUT2D eigenvalue weighted by Crippen LogP contribution is -2.47. The van der Waals surface area contributed by atoms with Gasteiger partial charge in [-0.3, -0.25) is 0 Å². The topological polar surface area (TPSA) is 49.4 Å². The van der Waals surface area contributed by atoms with Crippen molar-refractivity contribution >= 4 is 10.0 Å². The molecule has 114 valence electrons. The largest absolute Gasteiger partial charge is 0.315 e. The Kier molecular flexibility index (Phi) is 6.27. The van der Waals surface area contributed by atoms with E-state index in [1.54, 1.807) is 4.31 Å². The molecule has 1 N–H and O–H groups in total. The van der Waals surface area contributed by atoms with Crippen molar-refractivity contribution in [2.75, 3.05) is 26.2 Å². The Morgan fingerprint density at radius 2 is 1.84 bits per heavy atom. The van der Waals surface area contributed by atoms with Gasteiger partial charge in [0.25, 0.3) is 0 Å². The molecule has 1 unspecified atom stereocenters. The minimum Gasteiger partial charge on any atom is -0.315 e. The van der Waals surface area contributed by atoms with E-state index in [-0.39, 0.29) is 5.25 Å². The molecule has 19 heavy (non-hydrogen) atoms. The lowest BCUT2D eigenvalue weighted by Gasteiger charge is -2.39. The average Bonchev–Trinajstić information content (AvgIpc) is 2.39. The summed E-state index contributed by atoms with van der Waals surface area (Å²) >= 11 is 0. The zero-order chi connectivity index (χ0) is 14.5. The van der Waals surface area contributed by atoms with Crippen LogP contribution in [0.2, 0.25) is 0 Å². The highest BCUT2D eigenvalue weighted by atomic mass is 32.2. The van der Waals surface area contributed by atoms with Gasteiger partial charge in [0, 0.05) is 19.6 Å². The first-order valence-electron chi connectivity index (χ1n) is 7.55. The Balaban J connectivity index is 2.54. The number of nitrogens with zero attached hydrogens (tertiary/aromatic N) is 1. The van der Waals surface area contributed by atoms with Crippen LogP contribution in [0.3, 0.4) is 0 Å². The molecule has 0 aromatic heterocycles. The van der Waals surface area contributed by atoms with Crippen LogP contribution in [0.5, 0.6) is 0 Å². The zero-order valence-corrected chi connectivity index (χ0v) is 13.7. The maximum absolute atomic E-state index is 12.5. The second kappa shape index (κ2) is 7.04. The number of sulfonamides is 1. The van der Waals surface area contributed by atoms with Crippen LogP contribution in [0, 0.1) is 5.41 Å². The second-order valence-corrected chi connectivity index (χ2v) is 8.47. The Morgan fingerprint density at radius 3 is 2.32 bits per heavy atom. The third-order valence-corrected chi connectivity index (χ3v) is 6.78. The minimum atomic E-state index is -3.13. The third-order valence-electron chi connectivity index (χ3n) is 4.51. The van der Waals surface area contributed by atoms with Crippen molar-refractivity contribution in [3.63, 3.8) is 0 Å². The first-order valence-corrected chi connectivity index (χ1v) is 9.05. The molecule has 1 rings (SSSR count). The van der Waals surface area contributed by atoms with Crippen molar-refractivity contribution in [3.8, 4) is 0 Å². The van der Waals surface area contributed by atoms with Gasteiger partial charge in [0.15, 0.2) is 0 Å². The second-order valence-electron chi connectivity index (χ2n) is 6.12. The Labute approximate surface area is 119 Å². The molecule has 1 heterocycles. The number of nitrogens with one attached hydrogen (secondary N) is 1. The summed E-state index contributed by atoms with van der Waals surface area (Å²) in [6, 6.07) is 0. The Hall–Kier alpha value is -0.130. The van der Waals surface area contributed by atoms with E-state index in [2.05, 4.69) is 26.1 Å². The number of hydrogen-bond donors (Lipinski definition) is 1. The number of hydrogen-bond acceptors (Lipinski definition) is 3. The molecule has 5 heteroatoms. The van der Waals surface area contributed by atoms with Crippen LogP contribution >= 0.6 is 0 Å². The summed E-state index contributed by atoms with van der Waals surface area (Å²) in [4.78, 5) is 0. The molecule has 1 aliphatic rings.